The summed E-state index contributed by atoms with van der Waals surface area (Å²) >= 11 is 5.27. The summed E-state index contributed by atoms with van der Waals surface area (Å²) in [5.74, 6) is -1.18. The molecule has 9 heteroatoms. The molecule has 0 amide bonds. The SMILES string of the molecule is O=C(O)c1sc(-c2ccccc2)cc1N(c1ccc(Cl)s1)S(=O)[O-]. The molecule has 0 radical (unpaired) electrons. The van der Waals surface area contributed by atoms with Crippen LogP contribution >= 0.6 is 34.3 Å². The number of rotatable bonds is 5. The van der Waals surface area contributed by atoms with Gasteiger partial charge in [0.05, 0.1) is 21.3 Å². The van der Waals surface area contributed by atoms with Gasteiger partial charge in [-0.25, -0.2) is 4.79 Å². The fourth-order valence-corrected chi connectivity index (χ4v) is 4.92. The molecular formula is C15H9ClNO4S3-. The summed E-state index contributed by atoms with van der Waals surface area (Å²) in [5.41, 5.74) is 0.912. The third-order valence-electron chi connectivity index (χ3n) is 3.09. The van der Waals surface area contributed by atoms with E-state index in [1.54, 1.807) is 12.1 Å². The number of anilines is 2. The molecule has 2 heterocycles. The predicted octanol–water partition coefficient (Wildman–Crippen LogP) is 4.76. The van der Waals surface area contributed by atoms with Crippen LogP contribution in [0.15, 0.2) is 48.5 Å². The Bertz CT molecular complexity index is 907. The number of hydrogen-bond acceptors (Lipinski definition) is 5. The maximum Gasteiger partial charge on any atom is 0.348 e. The van der Waals surface area contributed by atoms with Gasteiger partial charge in [-0.15, -0.1) is 22.7 Å². The molecule has 1 unspecified atom stereocenters. The molecule has 0 aliphatic rings. The van der Waals surface area contributed by atoms with E-state index in [0.717, 1.165) is 32.5 Å². The van der Waals surface area contributed by atoms with E-state index in [-0.39, 0.29) is 10.6 Å². The lowest BCUT2D eigenvalue weighted by atomic mass is 10.2. The molecule has 124 valence electrons. The smallest absolute Gasteiger partial charge is 0.348 e. The van der Waals surface area contributed by atoms with Gasteiger partial charge in [0.15, 0.2) is 0 Å². The number of halogens is 1. The van der Waals surface area contributed by atoms with Crippen molar-refractivity contribution in [1.29, 1.82) is 0 Å². The van der Waals surface area contributed by atoms with Crippen molar-refractivity contribution in [1.82, 2.24) is 0 Å². The Morgan fingerprint density at radius 3 is 2.42 bits per heavy atom. The van der Waals surface area contributed by atoms with Crippen molar-refractivity contribution in [3.05, 3.63) is 57.7 Å². The first kappa shape index (κ1) is 17.1. The standard InChI is InChI=1S/C15H10ClNO4S3/c16-12-6-7-13(23-12)17(24(20)21)10-8-11(22-14(10)15(18)19)9-4-2-1-3-5-9/h1-8H,(H,18,19)(H,20,21)/p-1. The van der Waals surface area contributed by atoms with Crippen molar-refractivity contribution >= 4 is 62.2 Å². The molecule has 1 atom stereocenters. The van der Waals surface area contributed by atoms with Crippen molar-refractivity contribution in [2.45, 2.75) is 0 Å². The van der Waals surface area contributed by atoms with Crippen LogP contribution in [0, 0.1) is 0 Å². The molecule has 3 rings (SSSR count). The average molecular weight is 399 g/mol. The van der Waals surface area contributed by atoms with E-state index in [1.807, 2.05) is 30.3 Å². The van der Waals surface area contributed by atoms with Crippen LogP contribution in [0.3, 0.4) is 0 Å². The third-order valence-corrected chi connectivity index (χ3v) is 6.28. The Kier molecular flexibility index (Phi) is 5.02. The summed E-state index contributed by atoms with van der Waals surface area (Å²) in [5, 5.41) is 9.80. The van der Waals surface area contributed by atoms with Gasteiger partial charge in [-0.05, 0) is 23.8 Å². The van der Waals surface area contributed by atoms with E-state index in [9.17, 15) is 18.7 Å². The van der Waals surface area contributed by atoms with Crippen LogP contribution in [0.4, 0.5) is 10.7 Å². The van der Waals surface area contributed by atoms with Gasteiger partial charge in [0.2, 0.25) is 0 Å². The van der Waals surface area contributed by atoms with Crippen LogP contribution in [0.1, 0.15) is 9.67 Å². The summed E-state index contributed by atoms with van der Waals surface area (Å²) in [6.07, 6.45) is 0. The second-order valence-corrected chi connectivity index (χ2v) is 8.13. The highest BCUT2D eigenvalue weighted by Gasteiger charge is 2.24. The highest BCUT2D eigenvalue weighted by atomic mass is 35.5. The van der Waals surface area contributed by atoms with Gasteiger partial charge in [-0.3, -0.25) is 8.51 Å². The fourth-order valence-electron chi connectivity index (χ4n) is 2.12. The largest absolute Gasteiger partial charge is 0.755 e. The summed E-state index contributed by atoms with van der Waals surface area (Å²) in [6, 6.07) is 13.8. The molecule has 0 aliphatic carbocycles. The summed E-state index contributed by atoms with van der Waals surface area (Å²) < 4.78 is 24.8. The monoisotopic (exact) mass is 398 g/mol. The number of carboxylic acids is 1. The topological polar surface area (TPSA) is 80.7 Å². The van der Waals surface area contributed by atoms with Gasteiger partial charge in [0.1, 0.15) is 9.88 Å². The van der Waals surface area contributed by atoms with Gasteiger partial charge < -0.3 is 9.66 Å². The Morgan fingerprint density at radius 2 is 1.88 bits per heavy atom. The first-order valence-corrected chi connectivity index (χ1v) is 9.59. The molecular weight excluding hydrogens is 390 g/mol. The van der Waals surface area contributed by atoms with E-state index in [4.69, 9.17) is 11.6 Å². The van der Waals surface area contributed by atoms with Crippen molar-refractivity contribution in [3.8, 4) is 10.4 Å². The van der Waals surface area contributed by atoms with Crippen molar-refractivity contribution in [2.75, 3.05) is 4.31 Å². The van der Waals surface area contributed by atoms with Gasteiger partial charge in [0, 0.05) is 4.88 Å². The molecule has 5 nitrogen and oxygen atoms in total. The molecule has 0 bridgehead atoms. The highest BCUT2D eigenvalue weighted by molar-refractivity contribution is 7.81. The van der Waals surface area contributed by atoms with Crippen molar-refractivity contribution < 1.29 is 18.7 Å². The van der Waals surface area contributed by atoms with E-state index < -0.39 is 17.2 Å². The molecule has 0 fully saturated rings. The molecule has 1 aromatic carbocycles. The fraction of sp³-hybridized carbons (Fsp3) is 0. The van der Waals surface area contributed by atoms with Crippen LogP contribution in [0.2, 0.25) is 4.34 Å². The third kappa shape index (κ3) is 3.38. The molecule has 0 saturated carbocycles. The normalized spacial score (nSPS) is 12.1. The van der Waals surface area contributed by atoms with Crippen LogP contribution in [-0.2, 0) is 11.3 Å². The van der Waals surface area contributed by atoms with Gasteiger partial charge in [-0.1, -0.05) is 41.9 Å². The van der Waals surface area contributed by atoms with Crippen LogP contribution in [0.5, 0.6) is 0 Å². The lowest BCUT2D eigenvalue weighted by Gasteiger charge is -2.24. The van der Waals surface area contributed by atoms with Gasteiger partial charge in [0.25, 0.3) is 0 Å². The van der Waals surface area contributed by atoms with Gasteiger partial charge >= 0.3 is 5.97 Å². The number of benzene rings is 1. The number of nitrogens with zero attached hydrogens (tertiary/aromatic N) is 1. The summed E-state index contributed by atoms with van der Waals surface area (Å²) in [7, 11) is 0. The van der Waals surface area contributed by atoms with Gasteiger partial charge in [-0.2, -0.15) is 0 Å². The lowest BCUT2D eigenvalue weighted by Crippen LogP contribution is -2.19. The Hall–Kier alpha value is -1.71. The quantitative estimate of drug-likeness (QED) is 0.628. The Morgan fingerprint density at radius 1 is 1.17 bits per heavy atom. The van der Waals surface area contributed by atoms with E-state index in [1.165, 1.54) is 6.07 Å². The number of carbonyl (C=O) groups is 1. The molecule has 24 heavy (non-hydrogen) atoms. The van der Waals surface area contributed by atoms with E-state index >= 15 is 0 Å². The molecule has 2 aromatic heterocycles. The van der Waals surface area contributed by atoms with Crippen LogP contribution in [-0.4, -0.2) is 19.8 Å². The van der Waals surface area contributed by atoms with E-state index in [2.05, 4.69) is 0 Å². The first-order valence-electron chi connectivity index (χ1n) is 6.55. The maximum absolute atomic E-state index is 11.7. The Labute approximate surface area is 153 Å². The summed E-state index contributed by atoms with van der Waals surface area (Å²) in [4.78, 5) is 12.2. The number of aromatic carboxylic acids is 1. The Balaban J connectivity index is 2.16. The molecule has 0 aliphatic heterocycles. The molecule has 3 aromatic rings. The number of carboxylic acid groups (broad SMARTS) is 1. The second kappa shape index (κ2) is 7.04. The predicted molar refractivity (Wildman–Crippen MR) is 97.1 cm³/mol. The number of thiophene rings is 2. The van der Waals surface area contributed by atoms with Crippen LogP contribution in [0.25, 0.3) is 10.4 Å². The maximum atomic E-state index is 11.7. The van der Waals surface area contributed by atoms with Crippen molar-refractivity contribution in [2.24, 2.45) is 0 Å². The highest BCUT2D eigenvalue weighted by Crippen LogP contribution is 2.42. The number of hydrogen-bond donors (Lipinski definition) is 1. The zero-order chi connectivity index (χ0) is 17.3. The molecule has 1 N–H and O–H groups in total. The van der Waals surface area contributed by atoms with Crippen molar-refractivity contribution in [3.63, 3.8) is 0 Å². The zero-order valence-electron chi connectivity index (χ0n) is 11.8. The summed E-state index contributed by atoms with van der Waals surface area (Å²) in [6.45, 7) is 0. The average Bonchev–Trinajstić information content (AvgIpc) is 3.15. The second-order valence-electron chi connectivity index (χ2n) is 4.59. The minimum Gasteiger partial charge on any atom is -0.755 e. The lowest BCUT2D eigenvalue weighted by molar-refractivity contribution is 0.0703. The molecule has 0 spiro atoms. The minimum atomic E-state index is -2.68. The van der Waals surface area contributed by atoms with E-state index in [0.29, 0.717) is 14.2 Å². The zero-order valence-corrected chi connectivity index (χ0v) is 15.0. The molecule has 0 saturated heterocycles. The van der Waals surface area contributed by atoms with Crippen LogP contribution < -0.4 is 4.31 Å². The minimum absolute atomic E-state index is 0.0532. The first-order chi connectivity index (χ1) is 11.5.